The molecular formula is C31H37F4N7O4S. The van der Waals surface area contributed by atoms with Crippen LogP contribution in [0.3, 0.4) is 0 Å². The van der Waals surface area contributed by atoms with Gasteiger partial charge in [0.25, 0.3) is 0 Å². The third-order valence-electron chi connectivity index (χ3n) is 8.14. The molecule has 2 aromatic rings. The van der Waals surface area contributed by atoms with E-state index in [9.17, 15) is 37.0 Å². The highest BCUT2D eigenvalue weighted by atomic mass is 32.2. The SMILES string of the molecule is C[C@H](O)CNC[C@H](CCc1c(F)cncc1NC(=O)C(N=[N+]=[N-])[C@@H](c1ccc(F)cc1)[C@]1(C)C=C(F)C=C(F)C1)NS(=O)(=O)C1CC1. The monoisotopic (exact) mass is 679 g/mol. The first-order valence-corrected chi connectivity index (χ1v) is 16.6. The maximum atomic E-state index is 15.2. The minimum Gasteiger partial charge on any atom is -0.392 e. The number of aliphatic hydroxyl groups excluding tert-OH is 1. The lowest BCUT2D eigenvalue weighted by Crippen LogP contribution is -2.44. The lowest BCUT2D eigenvalue weighted by Gasteiger charge is -2.39. The van der Waals surface area contributed by atoms with Gasteiger partial charge in [-0.25, -0.2) is 30.7 Å². The molecule has 0 saturated heterocycles. The quantitative estimate of drug-likeness (QED) is 0.0820. The second kappa shape index (κ2) is 15.4. The van der Waals surface area contributed by atoms with Crippen LogP contribution in [0.2, 0.25) is 0 Å². The second-order valence-corrected chi connectivity index (χ2v) is 14.2. The molecule has 4 N–H and O–H groups in total. The summed E-state index contributed by atoms with van der Waals surface area (Å²) < 4.78 is 86.2. The molecule has 1 aromatic heterocycles. The van der Waals surface area contributed by atoms with Crippen molar-refractivity contribution < 1.29 is 35.9 Å². The Morgan fingerprint density at radius 2 is 1.87 bits per heavy atom. The lowest BCUT2D eigenvalue weighted by atomic mass is 9.66. The number of rotatable bonds is 16. The summed E-state index contributed by atoms with van der Waals surface area (Å²) in [6.45, 7) is 3.37. The molecule has 5 atom stereocenters. The summed E-state index contributed by atoms with van der Waals surface area (Å²) in [5.74, 6) is -5.26. The van der Waals surface area contributed by atoms with Crippen LogP contribution in [0.25, 0.3) is 10.4 Å². The third kappa shape index (κ3) is 9.61. The van der Waals surface area contributed by atoms with Crippen molar-refractivity contribution in [1.29, 1.82) is 0 Å². The number of azide groups is 1. The Kier molecular flexibility index (Phi) is 11.8. The number of nitrogens with one attached hydrogen (secondary N) is 3. The van der Waals surface area contributed by atoms with Crippen molar-refractivity contribution in [2.45, 2.75) is 75.3 Å². The zero-order chi connectivity index (χ0) is 34.4. The molecular weight excluding hydrogens is 642 g/mol. The van der Waals surface area contributed by atoms with Gasteiger partial charge >= 0.3 is 0 Å². The smallest absolute Gasteiger partial charge is 0.234 e. The predicted octanol–water partition coefficient (Wildman–Crippen LogP) is 5.23. The number of sulfonamides is 1. The lowest BCUT2D eigenvalue weighted by molar-refractivity contribution is -0.118. The highest BCUT2D eigenvalue weighted by Gasteiger charge is 2.44. The number of carbonyl (C=O) groups is 1. The number of aromatic nitrogens is 1. The minimum absolute atomic E-state index is 0.0127. The van der Waals surface area contributed by atoms with Crippen LogP contribution in [0.1, 0.15) is 56.6 Å². The molecule has 1 unspecified atom stereocenters. The van der Waals surface area contributed by atoms with Gasteiger partial charge in [0.05, 0.1) is 29.4 Å². The molecule has 2 aliphatic rings. The van der Waals surface area contributed by atoms with Gasteiger partial charge in [0.2, 0.25) is 15.9 Å². The Bertz CT molecular complexity index is 1660. The van der Waals surface area contributed by atoms with E-state index in [2.05, 4.69) is 30.4 Å². The average Bonchev–Trinajstić information content (AvgIpc) is 3.83. The van der Waals surface area contributed by atoms with Crippen LogP contribution < -0.4 is 15.4 Å². The Hall–Kier alpha value is -3.82. The molecule has 47 heavy (non-hydrogen) atoms. The molecule has 1 fully saturated rings. The van der Waals surface area contributed by atoms with Crippen LogP contribution in [0.15, 0.2) is 65.6 Å². The van der Waals surface area contributed by atoms with Gasteiger partial charge in [-0.3, -0.25) is 9.78 Å². The van der Waals surface area contributed by atoms with Crippen molar-refractivity contribution in [2.24, 2.45) is 10.5 Å². The molecule has 0 radical (unpaired) electrons. The molecule has 1 heterocycles. The van der Waals surface area contributed by atoms with Gasteiger partial charge in [0, 0.05) is 53.4 Å². The molecule has 11 nitrogen and oxygen atoms in total. The van der Waals surface area contributed by atoms with E-state index in [0.717, 1.165) is 24.4 Å². The number of hydrogen-bond donors (Lipinski definition) is 4. The number of halogens is 4. The van der Waals surface area contributed by atoms with Crippen LogP contribution in [0.4, 0.5) is 23.2 Å². The van der Waals surface area contributed by atoms with Crippen LogP contribution in [0, 0.1) is 17.0 Å². The first-order chi connectivity index (χ1) is 22.2. The molecule has 16 heteroatoms. The maximum absolute atomic E-state index is 15.2. The summed E-state index contributed by atoms with van der Waals surface area (Å²) in [5.41, 5.74) is 8.16. The van der Waals surface area contributed by atoms with E-state index in [1.54, 1.807) is 6.92 Å². The largest absolute Gasteiger partial charge is 0.392 e. The summed E-state index contributed by atoms with van der Waals surface area (Å²) >= 11 is 0. The molecule has 0 bridgehead atoms. The molecule has 1 aromatic carbocycles. The molecule has 1 amide bonds. The number of amides is 1. The first-order valence-electron chi connectivity index (χ1n) is 15.1. The van der Waals surface area contributed by atoms with Gasteiger partial charge in [0.15, 0.2) is 0 Å². The zero-order valence-corrected chi connectivity index (χ0v) is 26.7. The highest BCUT2D eigenvalue weighted by molar-refractivity contribution is 7.90. The number of pyridine rings is 1. The van der Waals surface area contributed by atoms with Crippen molar-refractivity contribution in [3.05, 3.63) is 93.7 Å². The third-order valence-corrected chi connectivity index (χ3v) is 10.2. The van der Waals surface area contributed by atoms with Crippen molar-refractivity contribution in [3.63, 3.8) is 0 Å². The van der Waals surface area contributed by atoms with E-state index in [1.165, 1.54) is 25.3 Å². The van der Waals surface area contributed by atoms with Gasteiger partial charge in [0.1, 0.15) is 29.3 Å². The van der Waals surface area contributed by atoms with Gasteiger partial charge in [-0.1, -0.05) is 24.2 Å². The second-order valence-electron chi connectivity index (χ2n) is 12.2. The highest BCUT2D eigenvalue weighted by Crippen LogP contribution is 2.48. The van der Waals surface area contributed by atoms with Crippen LogP contribution >= 0.6 is 0 Å². The average molecular weight is 680 g/mol. The number of carbonyl (C=O) groups excluding carboxylic acids is 1. The zero-order valence-electron chi connectivity index (χ0n) is 25.8. The van der Waals surface area contributed by atoms with Gasteiger partial charge in [-0.05, 0) is 61.9 Å². The topological polar surface area (TPSA) is 169 Å². The van der Waals surface area contributed by atoms with E-state index in [4.69, 9.17) is 0 Å². The van der Waals surface area contributed by atoms with Gasteiger partial charge in [-0.2, -0.15) is 0 Å². The van der Waals surface area contributed by atoms with E-state index < -0.39 is 74.0 Å². The maximum Gasteiger partial charge on any atom is 0.234 e. The Morgan fingerprint density at radius 1 is 1.17 bits per heavy atom. The van der Waals surface area contributed by atoms with Crippen molar-refractivity contribution >= 4 is 21.6 Å². The van der Waals surface area contributed by atoms with Gasteiger partial charge < -0.3 is 15.7 Å². The molecule has 0 spiro atoms. The standard InChI is InChI=1S/C31H37F4N7O4S/c1-18(43)14-37-15-23(41-47(45,46)24-8-9-24)7-10-25-26(35)16-38-17-27(25)39-30(44)29(40-42-36)28(19-3-5-20(32)6-4-19)31(2)12-21(33)11-22(34)13-31/h3-6,11-12,16-18,23-24,28-29,37,41,43H,7-10,13-15H2,1-2H3,(H,39,44)/t18-,23-,28+,29?,31+/m0/s1. The van der Waals surface area contributed by atoms with E-state index in [0.29, 0.717) is 18.9 Å². The number of hydrogen-bond acceptors (Lipinski definition) is 7. The predicted molar refractivity (Wildman–Crippen MR) is 168 cm³/mol. The van der Waals surface area contributed by atoms with Crippen LogP contribution in [0.5, 0.6) is 0 Å². The molecule has 1 saturated carbocycles. The normalized spacial score (nSPS) is 20.7. The van der Waals surface area contributed by atoms with Crippen LogP contribution in [-0.4, -0.2) is 60.9 Å². The number of benzene rings is 1. The van der Waals surface area contributed by atoms with Crippen molar-refractivity contribution in [1.82, 2.24) is 15.0 Å². The number of allylic oxidation sites excluding steroid dienone is 4. The molecule has 4 rings (SSSR count). The summed E-state index contributed by atoms with van der Waals surface area (Å²) in [4.78, 5) is 20.5. The molecule has 254 valence electrons. The van der Waals surface area contributed by atoms with Crippen LogP contribution in [-0.2, 0) is 21.2 Å². The van der Waals surface area contributed by atoms with Gasteiger partial charge in [-0.15, -0.1) is 0 Å². The first kappa shape index (κ1) is 36.0. The fourth-order valence-electron chi connectivity index (χ4n) is 5.82. The van der Waals surface area contributed by atoms with Crippen molar-refractivity contribution in [3.8, 4) is 0 Å². The Labute approximate surface area is 270 Å². The Balaban J connectivity index is 1.63. The summed E-state index contributed by atoms with van der Waals surface area (Å²) in [6, 6.07) is 2.51. The summed E-state index contributed by atoms with van der Waals surface area (Å²) in [5, 5.41) is 18.3. The number of nitrogens with zero attached hydrogens (tertiary/aromatic N) is 4. The summed E-state index contributed by atoms with van der Waals surface area (Å²) in [6.07, 6.45) is 3.97. The fourth-order valence-corrected chi connectivity index (χ4v) is 7.43. The van der Waals surface area contributed by atoms with E-state index in [1.807, 2.05) is 0 Å². The molecule has 0 aliphatic heterocycles. The van der Waals surface area contributed by atoms with E-state index in [-0.39, 0.29) is 49.2 Å². The molecule has 2 aliphatic carbocycles. The fraction of sp³-hybridized carbons (Fsp3) is 0.484. The summed E-state index contributed by atoms with van der Waals surface area (Å²) in [7, 11) is -3.62. The number of aliphatic hydroxyl groups is 1. The Morgan fingerprint density at radius 3 is 2.49 bits per heavy atom. The van der Waals surface area contributed by atoms with E-state index >= 15 is 4.39 Å². The van der Waals surface area contributed by atoms with Crippen molar-refractivity contribution in [2.75, 3.05) is 18.4 Å². The minimum atomic E-state index is -3.62. The number of anilines is 1.